The summed E-state index contributed by atoms with van der Waals surface area (Å²) in [6, 6.07) is 1.79. The fraction of sp³-hybridized carbons (Fsp3) is 0.429. The van der Waals surface area contributed by atoms with Crippen molar-refractivity contribution < 1.29 is 4.79 Å². The third-order valence-electron chi connectivity index (χ3n) is 1.89. The summed E-state index contributed by atoms with van der Waals surface area (Å²) in [4.78, 5) is 13.3. The van der Waals surface area contributed by atoms with Gasteiger partial charge >= 0.3 is 0 Å². The average Bonchev–Trinajstić information content (AvgIpc) is 2.58. The molecule has 1 N–H and O–H groups in total. The van der Waals surface area contributed by atoms with Crippen molar-refractivity contribution in [3.63, 3.8) is 0 Å². The molecule has 0 bridgehead atoms. The van der Waals surface area contributed by atoms with E-state index in [1.165, 1.54) is 0 Å². The number of hydrogen-bond acceptors (Lipinski definition) is 2. The number of nitrogens with one attached hydrogen (secondary N) is 1. The lowest BCUT2D eigenvalue weighted by Gasteiger charge is -2.10. The van der Waals surface area contributed by atoms with Crippen molar-refractivity contribution in [3.05, 3.63) is 10.7 Å². The van der Waals surface area contributed by atoms with Gasteiger partial charge in [0.15, 0.2) is 5.82 Å². The highest BCUT2D eigenvalue weighted by Crippen LogP contribution is 2.24. The SMILES string of the molecule is O=C1CC(Br)CN1c1cc(Br)[nH]n1. The number of carbonyl (C=O) groups is 1. The Bertz CT molecular complexity index is 338. The van der Waals surface area contributed by atoms with Crippen LogP contribution in [0.2, 0.25) is 0 Å². The number of alkyl halides is 1. The van der Waals surface area contributed by atoms with Crippen molar-refractivity contribution in [2.24, 2.45) is 0 Å². The highest BCUT2D eigenvalue weighted by molar-refractivity contribution is 9.10. The van der Waals surface area contributed by atoms with E-state index in [1.807, 2.05) is 0 Å². The first kappa shape index (κ1) is 9.21. The Hall–Kier alpha value is -0.360. The summed E-state index contributed by atoms with van der Waals surface area (Å²) in [7, 11) is 0. The number of amides is 1. The molecule has 70 valence electrons. The fourth-order valence-corrected chi connectivity index (χ4v) is 2.17. The van der Waals surface area contributed by atoms with Crippen LogP contribution in [0, 0.1) is 0 Å². The number of anilines is 1. The highest BCUT2D eigenvalue weighted by atomic mass is 79.9. The second-order valence-electron chi connectivity index (χ2n) is 2.88. The second-order valence-corrected chi connectivity index (χ2v) is 5.03. The summed E-state index contributed by atoms with van der Waals surface area (Å²) in [5.41, 5.74) is 0. The largest absolute Gasteiger partial charge is 0.294 e. The van der Waals surface area contributed by atoms with Gasteiger partial charge in [-0.1, -0.05) is 15.9 Å². The number of hydrogen-bond donors (Lipinski definition) is 1. The second kappa shape index (κ2) is 3.42. The number of halogens is 2. The Morgan fingerprint density at radius 1 is 1.69 bits per heavy atom. The van der Waals surface area contributed by atoms with E-state index in [-0.39, 0.29) is 10.7 Å². The Kier molecular flexibility index (Phi) is 2.42. The molecule has 1 aliphatic rings. The van der Waals surface area contributed by atoms with Crippen LogP contribution in [0.25, 0.3) is 0 Å². The number of aromatic nitrogens is 2. The molecule has 0 saturated carbocycles. The quantitative estimate of drug-likeness (QED) is 0.802. The third kappa shape index (κ3) is 1.78. The minimum atomic E-state index is 0.112. The lowest BCUT2D eigenvalue weighted by atomic mass is 10.4. The molecule has 1 aromatic rings. The van der Waals surface area contributed by atoms with Crippen molar-refractivity contribution in [3.8, 4) is 0 Å². The van der Waals surface area contributed by atoms with Crippen LogP contribution in [0.3, 0.4) is 0 Å². The predicted molar refractivity (Wildman–Crippen MR) is 56.0 cm³/mol. The molecule has 1 aliphatic heterocycles. The standard InChI is InChI=1S/C7H7Br2N3O/c8-4-1-7(13)12(3-4)6-2-5(9)10-11-6/h2,4H,1,3H2,(H,10,11). The normalized spacial score (nSPS) is 22.8. The molecule has 6 heteroatoms. The van der Waals surface area contributed by atoms with Crippen LogP contribution < -0.4 is 4.90 Å². The van der Waals surface area contributed by atoms with E-state index in [9.17, 15) is 4.79 Å². The van der Waals surface area contributed by atoms with Crippen LogP contribution in [-0.2, 0) is 4.79 Å². The molecular formula is C7H7Br2N3O. The monoisotopic (exact) mass is 307 g/mol. The first-order chi connectivity index (χ1) is 6.16. The van der Waals surface area contributed by atoms with Gasteiger partial charge in [-0.2, -0.15) is 5.10 Å². The number of aromatic amines is 1. The number of carbonyl (C=O) groups excluding carboxylic acids is 1. The minimum absolute atomic E-state index is 0.112. The van der Waals surface area contributed by atoms with Crippen molar-refractivity contribution in [1.82, 2.24) is 10.2 Å². The van der Waals surface area contributed by atoms with E-state index in [2.05, 4.69) is 42.1 Å². The van der Waals surface area contributed by atoms with Gasteiger partial charge in [0.1, 0.15) is 4.60 Å². The molecule has 13 heavy (non-hydrogen) atoms. The maximum absolute atomic E-state index is 11.4. The summed E-state index contributed by atoms with van der Waals surface area (Å²) in [6.45, 7) is 0.691. The Morgan fingerprint density at radius 2 is 2.46 bits per heavy atom. The van der Waals surface area contributed by atoms with Gasteiger partial charge in [0.25, 0.3) is 0 Å². The topological polar surface area (TPSA) is 49.0 Å². The molecule has 0 aromatic carbocycles. The molecule has 0 aliphatic carbocycles. The van der Waals surface area contributed by atoms with Crippen LogP contribution in [0.15, 0.2) is 10.7 Å². The van der Waals surface area contributed by atoms with Gasteiger partial charge in [-0.05, 0) is 15.9 Å². The third-order valence-corrected chi connectivity index (χ3v) is 2.91. The van der Waals surface area contributed by atoms with E-state index in [0.717, 1.165) is 4.60 Å². The summed E-state index contributed by atoms with van der Waals surface area (Å²) in [5, 5.41) is 6.73. The van der Waals surface area contributed by atoms with Crippen LogP contribution in [0.4, 0.5) is 5.82 Å². The maximum Gasteiger partial charge on any atom is 0.229 e. The van der Waals surface area contributed by atoms with Crippen molar-refractivity contribution in [2.75, 3.05) is 11.4 Å². The molecule has 0 spiro atoms. The van der Waals surface area contributed by atoms with Crippen molar-refractivity contribution in [2.45, 2.75) is 11.2 Å². The molecule has 4 nitrogen and oxygen atoms in total. The van der Waals surface area contributed by atoms with E-state index >= 15 is 0 Å². The summed E-state index contributed by atoms with van der Waals surface area (Å²) in [5.74, 6) is 0.791. The predicted octanol–water partition coefficient (Wildman–Crippen LogP) is 1.67. The zero-order valence-corrected chi connectivity index (χ0v) is 9.80. The lowest BCUT2D eigenvalue weighted by molar-refractivity contribution is -0.117. The van der Waals surface area contributed by atoms with Gasteiger partial charge in [0.05, 0.1) is 0 Å². The Morgan fingerprint density at radius 3 is 2.92 bits per heavy atom. The van der Waals surface area contributed by atoms with E-state index in [1.54, 1.807) is 11.0 Å². The van der Waals surface area contributed by atoms with Crippen molar-refractivity contribution >= 4 is 43.6 Å². The van der Waals surface area contributed by atoms with Crippen molar-refractivity contribution in [1.29, 1.82) is 0 Å². The van der Waals surface area contributed by atoms with Crippen LogP contribution in [0.5, 0.6) is 0 Å². The summed E-state index contributed by atoms with van der Waals surface area (Å²) < 4.78 is 0.785. The highest BCUT2D eigenvalue weighted by Gasteiger charge is 2.30. The van der Waals surface area contributed by atoms with E-state index < -0.39 is 0 Å². The zero-order chi connectivity index (χ0) is 9.42. The van der Waals surface area contributed by atoms with Gasteiger partial charge in [0, 0.05) is 23.9 Å². The number of H-pyrrole nitrogens is 1. The molecule has 1 aromatic heterocycles. The Balaban J connectivity index is 2.22. The van der Waals surface area contributed by atoms with Crippen LogP contribution in [0.1, 0.15) is 6.42 Å². The fourth-order valence-electron chi connectivity index (χ4n) is 1.31. The minimum Gasteiger partial charge on any atom is -0.294 e. The summed E-state index contributed by atoms with van der Waals surface area (Å²) in [6.07, 6.45) is 0.546. The molecule has 0 radical (unpaired) electrons. The molecule has 1 unspecified atom stereocenters. The van der Waals surface area contributed by atoms with Gasteiger partial charge in [-0.15, -0.1) is 0 Å². The summed E-state index contributed by atoms with van der Waals surface area (Å²) >= 11 is 6.66. The molecule has 2 heterocycles. The zero-order valence-electron chi connectivity index (χ0n) is 6.63. The van der Waals surface area contributed by atoms with Gasteiger partial charge < -0.3 is 0 Å². The molecule has 1 fully saturated rings. The lowest BCUT2D eigenvalue weighted by Crippen LogP contribution is -2.24. The van der Waals surface area contributed by atoms with Gasteiger partial charge in [0.2, 0.25) is 5.91 Å². The molecule has 1 atom stereocenters. The average molecular weight is 309 g/mol. The molecule has 1 amide bonds. The first-order valence-electron chi connectivity index (χ1n) is 3.82. The van der Waals surface area contributed by atoms with Gasteiger partial charge in [-0.25, -0.2) is 0 Å². The van der Waals surface area contributed by atoms with Crippen LogP contribution >= 0.6 is 31.9 Å². The smallest absolute Gasteiger partial charge is 0.229 e. The maximum atomic E-state index is 11.4. The Labute approximate surface area is 91.9 Å². The number of rotatable bonds is 1. The van der Waals surface area contributed by atoms with Crippen LogP contribution in [-0.4, -0.2) is 27.5 Å². The number of nitrogens with zero attached hydrogens (tertiary/aromatic N) is 2. The first-order valence-corrected chi connectivity index (χ1v) is 5.53. The molecular weight excluding hydrogens is 302 g/mol. The molecule has 1 saturated heterocycles. The molecule has 2 rings (SSSR count). The van der Waals surface area contributed by atoms with E-state index in [4.69, 9.17) is 0 Å². The van der Waals surface area contributed by atoms with E-state index in [0.29, 0.717) is 18.8 Å². The van der Waals surface area contributed by atoms with Gasteiger partial charge in [-0.3, -0.25) is 14.8 Å².